The summed E-state index contributed by atoms with van der Waals surface area (Å²) in [6.45, 7) is 8.90. The molecule has 76 valence electrons. The molecule has 2 unspecified atom stereocenters. The van der Waals surface area contributed by atoms with Gasteiger partial charge < -0.3 is 4.90 Å². The van der Waals surface area contributed by atoms with Crippen molar-refractivity contribution < 1.29 is 0 Å². The average molecular weight is 181 g/mol. The Balaban J connectivity index is 3.48. The minimum atomic E-state index is 0.423. The maximum absolute atomic E-state index is 5.37. The van der Waals surface area contributed by atoms with Crippen molar-refractivity contribution in [1.82, 2.24) is 4.90 Å². The van der Waals surface area contributed by atoms with Crippen LogP contribution in [0.5, 0.6) is 0 Å². The fraction of sp³-hybridized carbons (Fsp3) is 0.833. The number of nitrogens with zero attached hydrogens (tertiary/aromatic N) is 1. The molecule has 0 spiro atoms. The maximum atomic E-state index is 5.37. The van der Waals surface area contributed by atoms with Crippen molar-refractivity contribution in [2.24, 2.45) is 11.8 Å². The van der Waals surface area contributed by atoms with E-state index in [-0.39, 0.29) is 0 Å². The fourth-order valence-electron chi connectivity index (χ4n) is 1.26. The second kappa shape index (κ2) is 6.97. The molecule has 0 aromatic carbocycles. The Morgan fingerprint density at radius 3 is 2.46 bits per heavy atom. The van der Waals surface area contributed by atoms with Crippen LogP contribution in [0.4, 0.5) is 0 Å². The highest BCUT2D eigenvalue weighted by Gasteiger charge is 2.08. The third-order valence-electron chi connectivity index (χ3n) is 2.86. The Bertz CT molecular complexity index is 157. The summed E-state index contributed by atoms with van der Waals surface area (Å²) in [5, 5.41) is 0. The van der Waals surface area contributed by atoms with Gasteiger partial charge in [0, 0.05) is 5.92 Å². The summed E-state index contributed by atoms with van der Waals surface area (Å²) < 4.78 is 0. The molecule has 0 aliphatic rings. The Labute approximate surface area is 83.5 Å². The maximum Gasteiger partial charge on any atom is 0.0197 e. The van der Waals surface area contributed by atoms with E-state index in [1.54, 1.807) is 0 Å². The first-order valence-corrected chi connectivity index (χ1v) is 5.26. The largest absolute Gasteiger partial charge is 0.307 e. The quantitative estimate of drug-likeness (QED) is 0.569. The molecule has 0 amide bonds. The van der Waals surface area contributed by atoms with Crippen molar-refractivity contribution >= 4 is 0 Å². The van der Waals surface area contributed by atoms with Crippen molar-refractivity contribution in [3.63, 3.8) is 0 Å². The first-order chi connectivity index (χ1) is 6.11. The summed E-state index contributed by atoms with van der Waals surface area (Å²) in [4.78, 5) is 2.34. The van der Waals surface area contributed by atoms with Gasteiger partial charge in [-0.15, -0.1) is 12.3 Å². The lowest BCUT2D eigenvalue weighted by molar-refractivity contribution is 0.319. The van der Waals surface area contributed by atoms with Gasteiger partial charge in [0.05, 0.1) is 0 Å². The second-order valence-corrected chi connectivity index (χ2v) is 3.97. The van der Waals surface area contributed by atoms with Crippen molar-refractivity contribution in [2.75, 3.05) is 20.1 Å². The lowest BCUT2D eigenvalue weighted by Crippen LogP contribution is -2.19. The van der Waals surface area contributed by atoms with Gasteiger partial charge in [-0.05, 0) is 38.9 Å². The predicted octanol–water partition coefficient (Wildman–Crippen LogP) is 2.62. The molecular formula is C12H23N. The molecule has 1 nitrogen and oxygen atoms in total. The molecule has 0 aliphatic heterocycles. The van der Waals surface area contributed by atoms with Gasteiger partial charge in [0.15, 0.2) is 0 Å². The van der Waals surface area contributed by atoms with Gasteiger partial charge >= 0.3 is 0 Å². The molecule has 13 heavy (non-hydrogen) atoms. The van der Waals surface area contributed by atoms with E-state index in [1.165, 1.54) is 19.4 Å². The lowest BCUT2D eigenvalue weighted by atomic mass is 9.92. The van der Waals surface area contributed by atoms with E-state index >= 15 is 0 Å². The van der Waals surface area contributed by atoms with Gasteiger partial charge in [-0.25, -0.2) is 0 Å². The van der Waals surface area contributed by atoms with Crippen LogP contribution in [-0.4, -0.2) is 25.0 Å². The molecule has 0 aromatic heterocycles. The van der Waals surface area contributed by atoms with E-state index in [1.807, 2.05) is 0 Å². The Kier molecular flexibility index (Phi) is 6.72. The minimum absolute atomic E-state index is 0.423. The van der Waals surface area contributed by atoms with Crippen molar-refractivity contribution in [3.05, 3.63) is 0 Å². The van der Waals surface area contributed by atoms with Gasteiger partial charge in [-0.2, -0.15) is 0 Å². The Hall–Kier alpha value is -0.480. The lowest BCUT2D eigenvalue weighted by Gasteiger charge is -2.17. The molecule has 0 aromatic rings. The Morgan fingerprint density at radius 2 is 2.00 bits per heavy atom. The van der Waals surface area contributed by atoms with Gasteiger partial charge in [-0.3, -0.25) is 0 Å². The molecule has 0 N–H and O–H groups in total. The number of hydrogen-bond acceptors (Lipinski definition) is 1. The molecule has 0 bridgehead atoms. The van der Waals surface area contributed by atoms with E-state index in [2.05, 4.69) is 38.6 Å². The molecule has 0 fully saturated rings. The van der Waals surface area contributed by atoms with Crippen molar-refractivity contribution in [1.29, 1.82) is 0 Å². The number of terminal acetylenes is 1. The Morgan fingerprint density at radius 1 is 1.38 bits per heavy atom. The standard InChI is InChI=1S/C12H23N/c1-6-11(3)12(4)9-8-10-13(5)7-2/h1,11-12H,7-10H2,2-5H3. The molecular weight excluding hydrogens is 158 g/mol. The molecule has 0 radical (unpaired) electrons. The third-order valence-corrected chi connectivity index (χ3v) is 2.86. The molecule has 0 saturated carbocycles. The van der Waals surface area contributed by atoms with E-state index in [0.29, 0.717) is 11.8 Å². The van der Waals surface area contributed by atoms with Crippen LogP contribution >= 0.6 is 0 Å². The first-order valence-electron chi connectivity index (χ1n) is 5.26. The SMILES string of the molecule is C#CC(C)C(C)CCCN(C)CC. The summed E-state index contributed by atoms with van der Waals surface area (Å²) in [7, 11) is 2.16. The van der Waals surface area contributed by atoms with Crippen LogP contribution in [0.3, 0.4) is 0 Å². The van der Waals surface area contributed by atoms with Crippen molar-refractivity contribution in [3.8, 4) is 12.3 Å². The van der Waals surface area contributed by atoms with Crippen LogP contribution in [0, 0.1) is 24.2 Å². The third kappa shape index (κ3) is 5.71. The van der Waals surface area contributed by atoms with Crippen LogP contribution < -0.4 is 0 Å². The molecule has 0 rings (SSSR count). The fourth-order valence-corrected chi connectivity index (χ4v) is 1.26. The summed E-state index contributed by atoms with van der Waals surface area (Å²) >= 11 is 0. The van der Waals surface area contributed by atoms with Crippen molar-refractivity contribution in [2.45, 2.75) is 33.6 Å². The normalized spacial score (nSPS) is 15.4. The van der Waals surface area contributed by atoms with E-state index < -0.39 is 0 Å². The minimum Gasteiger partial charge on any atom is -0.307 e. The van der Waals surface area contributed by atoms with E-state index in [4.69, 9.17) is 6.42 Å². The van der Waals surface area contributed by atoms with Gasteiger partial charge in [0.1, 0.15) is 0 Å². The highest BCUT2D eigenvalue weighted by atomic mass is 15.1. The molecule has 0 aliphatic carbocycles. The van der Waals surface area contributed by atoms with E-state index in [9.17, 15) is 0 Å². The van der Waals surface area contributed by atoms with Crippen LogP contribution in [0.15, 0.2) is 0 Å². The molecule has 1 heteroatoms. The van der Waals surface area contributed by atoms with Crippen LogP contribution in [0.25, 0.3) is 0 Å². The number of rotatable bonds is 6. The zero-order chi connectivity index (χ0) is 10.3. The van der Waals surface area contributed by atoms with Crippen LogP contribution in [0.2, 0.25) is 0 Å². The molecule has 2 atom stereocenters. The summed E-state index contributed by atoms with van der Waals surface area (Å²) in [6, 6.07) is 0. The zero-order valence-corrected chi connectivity index (χ0v) is 9.51. The van der Waals surface area contributed by atoms with Crippen LogP contribution in [-0.2, 0) is 0 Å². The van der Waals surface area contributed by atoms with Gasteiger partial charge in [0.2, 0.25) is 0 Å². The number of hydrogen-bond donors (Lipinski definition) is 0. The van der Waals surface area contributed by atoms with Gasteiger partial charge in [0.25, 0.3) is 0 Å². The topological polar surface area (TPSA) is 3.24 Å². The zero-order valence-electron chi connectivity index (χ0n) is 9.51. The average Bonchev–Trinajstić information content (AvgIpc) is 2.15. The van der Waals surface area contributed by atoms with Crippen LogP contribution in [0.1, 0.15) is 33.6 Å². The van der Waals surface area contributed by atoms with Gasteiger partial charge in [-0.1, -0.05) is 20.8 Å². The highest BCUT2D eigenvalue weighted by molar-refractivity contribution is 4.92. The summed E-state index contributed by atoms with van der Waals surface area (Å²) in [6.07, 6.45) is 7.88. The molecule has 0 saturated heterocycles. The summed E-state index contributed by atoms with van der Waals surface area (Å²) in [5.41, 5.74) is 0. The monoisotopic (exact) mass is 181 g/mol. The second-order valence-electron chi connectivity index (χ2n) is 3.97. The first kappa shape index (κ1) is 12.5. The predicted molar refractivity (Wildman–Crippen MR) is 59.6 cm³/mol. The smallest absolute Gasteiger partial charge is 0.0197 e. The van der Waals surface area contributed by atoms with E-state index in [0.717, 1.165) is 6.54 Å². The molecule has 0 heterocycles. The highest BCUT2D eigenvalue weighted by Crippen LogP contribution is 2.15. The summed E-state index contributed by atoms with van der Waals surface area (Å²) in [5.74, 6) is 3.89.